The number of hydrogen-bond acceptors (Lipinski definition) is 5. The van der Waals surface area contributed by atoms with Crippen molar-refractivity contribution in [3.63, 3.8) is 0 Å². The summed E-state index contributed by atoms with van der Waals surface area (Å²) in [6.07, 6.45) is 21.1. The van der Waals surface area contributed by atoms with Crippen molar-refractivity contribution in [2.45, 2.75) is 144 Å². The molecule has 4 saturated carbocycles. The van der Waals surface area contributed by atoms with Crippen molar-refractivity contribution < 1.29 is 14.7 Å². The van der Waals surface area contributed by atoms with Gasteiger partial charge in [-0.3, -0.25) is 9.59 Å². The molecule has 4 rings (SSSR count). The molecule has 5 heteroatoms. The Morgan fingerprint density at radius 2 is 1.72 bits per heavy atom. The summed E-state index contributed by atoms with van der Waals surface area (Å²) in [4.78, 5) is 25.0. The number of hydrogen-bond donors (Lipinski definition) is 3. The minimum absolute atomic E-state index is 0.0618. The van der Waals surface area contributed by atoms with Gasteiger partial charge in [0.2, 0.25) is 0 Å². The number of carbonyl (C=O) groups is 2. The van der Waals surface area contributed by atoms with E-state index < -0.39 is 0 Å². The van der Waals surface area contributed by atoms with Gasteiger partial charge in [0.05, 0.1) is 0 Å². The van der Waals surface area contributed by atoms with Gasteiger partial charge < -0.3 is 16.6 Å². The van der Waals surface area contributed by atoms with Crippen molar-refractivity contribution in [1.29, 1.82) is 0 Å². The molecule has 226 valence electrons. The maximum Gasteiger partial charge on any atom is 0.158 e. The SMILES string of the molecule is CC.CC12CCCCC1CCC1C2CC(=O)C2(C)C(CCCC(=O)CO)CCC12.CCCCCC/C(N)=C/N. The van der Waals surface area contributed by atoms with E-state index in [1.807, 2.05) is 13.8 Å². The summed E-state index contributed by atoms with van der Waals surface area (Å²) in [6, 6.07) is 0. The van der Waals surface area contributed by atoms with E-state index in [-0.39, 0.29) is 17.8 Å². The second kappa shape index (κ2) is 16.2. The predicted octanol–water partition coefficient (Wildman–Crippen LogP) is 7.69. The van der Waals surface area contributed by atoms with E-state index in [9.17, 15) is 9.59 Å². The molecule has 0 heterocycles. The number of ketones is 2. The average molecular weight is 547 g/mol. The van der Waals surface area contributed by atoms with Gasteiger partial charge in [-0.2, -0.15) is 0 Å². The summed E-state index contributed by atoms with van der Waals surface area (Å²) in [5.41, 5.74) is 11.8. The number of aliphatic hydroxyl groups excluding tert-OH is 1. The van der Waals surface area contributed by atoms with Crippen LogP contribution in [0.5, 0.6) is 0 Å². The minimum atomic E-state index is -0.340. The van der Waals surface area contributed by atoms with Gasteiger partial charge in [-0.25, -0.2) is 0 Å². The summed E-state index contributed by atoms with van der Waals surface area (Å²) >= 11 is 0. The van der Waals surface area contributed by atoms with Crippen LogP contribution in [0.25, 0.3) is 0 Å². The molecule has 5 nitrogen and oxygen atoms in total. The smallest absolute Gasteiger partial charge is 0.158 e. The average Bonchev–Trinajstić information content (AvgIpc) is 3.30. The summed E-state index contributed by atoms with van der Waals surface area (Å²) < 4.78 is 0. The minimum Gasteiger partial charge on any atom is -0.403 e. The molecule has 5 N–H and O–H groups in total. The summed E-state index contributed by atoms with van der Waals surface area (Å²) in [5, 5.41) is 8.95. The Balaban J connectivity index is 0.000000378. The van der Waals surface area contributed by atoms with E-state index in [1.54, 1.807) is 0 Å². The molecule has 0 bridgehead atoms. The molecular weight excluding hydrogens is 484 g/mol. The van der Waals surface area contributed by atoms with Crippen LogP contribution in [0, 0.1) is 40.4 Å². The fraction of sp³-hybridized carbons (Fsp3) is 0.882. The lowest BCUT2D eigenvalue weighted by Crippen LogP contribution is -2.56. The van der Waals surface area contributed by atoms with Crippen LogP contribution in [0.15, 0.2) is 11.9 Å². The number of nitrogens with two attached hydrogens (primary N) is 2. The Morgan fingerprint density at radius 1 is 0.974 bits per heavy atom. The molecule has 4 fully saturated rings. The maximum atomic E-state index is 13.5. The molecule has 4 aliphatic rings. The topological polar surface area (TPSA) is 106 Å². The Hall–Kier alpha value is -1.36. The van der Waals surface area contributed by atoms with Crippen molar-refractivity contribution >= 4 is 11.6 Å². The number of rotatable bonds is 10. The van der Waals surface area contributed by atoms with E-state index in [1.165, 1.54) is 76.8 Å². The van der Waals surface area contributed by atoms with Gasteiger partial charge in [0.25, 0.3) is 0 Å². The van der Waals surface area contributed by atoms with Crippen LogP contribution >= 0.6 is 0 Å². The largest absolute Gasteiger partial charge is 0.403 e. The lowest BCUT2D eigenvalue weighted by molar-refractivity contribution is -0.156. The van der Waals surface area contributed by atoms with Crippen molar-refractivity contribution in [3.8, 4) is 0 Å². The fourth-order valence-electron chi connectivity index (χ4n) is 9.05. The van der Waals surface area contributed by atoms with Crippen molar-refractivity contribution in [3.05, 3.63) is 11.9 Å². The fourth-order valence-corrected chi connectivity index (χ4v) is 9.05. The third kappa shape index (κ3) is 7.89. The second-order valence-corrected chi connectivity index (χ2v) is 13.2. The van der Waals surface area contributed by atoms with E-state index >= 15 is 0 Å². The first kappa shape index (κ1) is 33.8. The third-order valence-corrected chi connectivity index (χ3v) is 11.3. The molecule has 7 unspecified atom stereocenters. The first-order valence-corrected chi connectivity index (χ1v) is 16.5. The molecule has 0 radical (unpaired) electrons. The Bertz CT molecular complexity index is 795. The molecule has 7 atom stereocenters. The van der Waals surface area contributed by atoms with Crippen LogP contribution in [-0.2, 0) is 9.59 Å². The van der Waals surface area contributed by atoms with E-state index in [0.717, 1.165) is 49.6 Å². The summed E-state index contributed by atoms with van der Waals surface area (Å²) in [7, 11) is 0. The highest BCUT2D eigenvalue weighted by molar-refractivity contribution is 5.87. The number of carbonyl (C=O) groups excluding carboxylic acids is 2. The predicted molar refractivity (Wildman–Crippen MR) is 163 cm³/mol. The van der Waals surface area contributed by atoms with Gasteiger partial charge in [0.1, 0.15) is 12.4 Å². The highest BCUT2D eigenvalue weighted by atomic mass is 16.3. The number of aliphatic hydroxyl groups is 1. The number of Topliss-reactive ketones (excluding diaryl/α,β-unsaturated/α-hetero) is 2. The van der Waals surface area contributed by atoms with Crippen molar-refractivity contribution in [1.82, 2.24) is 0 Å². The Morgan fingerprint density at radius 3 is 2.38 bits per heavy atom. The van der Waals surface area contributed by atoms with Gasteiger partial charge in [-0.15, -0.1) is 0 Å². The van der Waals surface area contributed by atoms with Crippen LogP contribution < -0.4 is 11.5 Å². The van der Waals surface area contributed by atoms with Crippen LogP contribution in [0.4, 0.5) is 0 Å². The molecule has 0 aromatic rings. The molecule has 0 amide bonds. The number of unbranched alkanes of at least 4 members (excludes halogenated alkanes) is 3. The van der Waals surface area contributed by atoms with Gasteiger partial charge >= 0.3 is 0 Å². The van der Waals surface area contributed by atoms with E-state index in [4.69, 9.17) is 16.6 Å². The van der Waals surface area contributed by atoms with Gasteiger partial charge in [-0.1, -0.05) is 66.7 Å². The number of fused-ring (bicyclic) bond motifs is 5. The zero-order valence-electron chi connectivity index (χ0n) is 26.1. The van der Waals surface area contributed by atoms with Crippen LogP contribution in [-0.4, -0.2) is 23.3 Å². The van der Waals surface area contributed by atoms with Gasteiger partial charge in [0.15, 0.2) is 5.78 Å². The lowest BCUT2D eigenvalue weighted by atomic mass is 9.44. The zero-order valence-corrected chi connectivity index (χ0v) is 26.1. The van der Waals surface area contributed by atoms with Crippen LogP contribution in [0.1, 0.15) is 144 Å². The number of allylic oxidation sites excluding steroid dienone is 1. The van der Waals surface area contributed by atoms with Crippen molar-refractivity contribution in [2.24, 2.45) is 51.9 Å². The molecule has 0 spiro atoms. The first-order chi connectivity index (χ1) is 18.7. The molecule has 0 aliphatic heterocycles. The van der Waals surface area contributed by atoms with Gasteiger partial charge in [-0.05, 0) is 99.2 Å². The monoisotopic (exact) mass is 546 g/mol. The molecule has 0 aromatic carbocycles. The zero-order chi connectivity index (χ0) is 29.1. The highest BCUT2D eigenvalue weighted by Crippen LogP contribution is 2.66. The first-order valence-electron chi connectivity index (χ1n) is 16.5. The Labute approximate surface area is 240 Å². The van der Waals surface area contributed by atoms with Gasteiger partial charge in [0, 0.05) is 30.2 Å². The molecular formula is C34H62N2O3. The second-order valence-electron chi connectivity index (χ2n) is 13.2. The molecule has 0 aromatic heterocycles. The maximum absolute atomic E-state index is 13.5. The molecule has 39 heavy (non-hydrogen) atoms. The third-order valence-electron chi connectivity index (χ3n) is 11.3. The Kier molecular flexibility index (Phi) is 14.0. The lowest BCUT2D eigenvalue weighted by Gasteiger charge is -2.59. The van der Waals surface area contributed by atoms with E-state index in [0.29, 0.717) is 35.4 Å². The standard InChI is InChI=1S/C24H38O3.C8H18N2.C2H6/c1-23-13-4-3-6-16(23)9-11-19-20-12-10-17(7-5-8-18(26)15-25)24(20,2)22(27)14-21(19)23;1-2-3-4-5-6-8(10)7-9;1-2/h16-17,19-21,25H,3-15H2,1-2H3;7H,2-6,9-10H2,1H3;1-2H3/b;8-7-;. The van der Waals surface area contributed by atoms with Crippen molar-refractivity contribution in [2.75, 3.05) is 6.61 Å². The summed E-state index contributed by atoms with van der Waals surface area (Å²) in [5.74, 6) is 3.71. The quantitative estimate of drug-likeness (QED) is 0.244. The van der Waals surface area contributed by atoms with E-state index in [2.05, 4.69) is 20.8 Å². The normalized spacial score (nSPS) is 35.4. The summed E-state index contributed by atoms with van der Waals surface area (Å²) in [6.45, 7) is 10.7. The highest BCUT2D eigenvalue weighted by Gasteiger charge is 2.62. The van der Waals surface area contributed by atoms with Crippen LogP contribution in [0.2, 0.25) is 0 Å². The molecule has 0 saturated heterocycles. The molecule has 4 aliphatic carbocycles. The van der Waals surface area contributed by atoms with Crippen LogP contribution in [0.3, 0.4) is 0 Å².